The highest BCUT2D eigenvalue weighted by Crippen LogP contribution is 2.36. The molecule has 0 aliphatic heterocycles. The number of amides is 1. The first-order valence-electron chi connectivity index (χ1n) is 9.81. The number of primary amides is 1. The van der Waals surface area contributed by atoms with Crippen LogP contribution < -0.4 is 11.3 Å². The summed E-state index contributed by atoms with van der Waals surface area (Å²) in [5.41, 5.74) is 10.2. The maximum absolute atomic E-state index is 13.7. The predicted octanol–water partition coefficient (Wildman–Crippen LogP) is 4.59. The maximum atomic E-state index is 13.7. The molecule has 0 bridgehead atoms. The second kappa shape index (κ2) is 7.88. The summed E-state index contributed by atoms with van der Waals surface area (Å²) in [4.78, 5) is 31.8. The van der Waals surface area contributed by atoms with Gasteiger partial charge in [0.05, 0.1) is 5.39 Å². The summed E-state index contributed by atoms with van der Waals surface area (Å²) in [6.07, 6.45) is 0.0783. The van der Waals surface area contributed by atoms with Crippen LogP contribution >= 0.6 is 11.3 Å². The first kappa shape index (κ1) is 20.0. The highest BCUT2D eigenvalue weighted by molar-refractivity contribution is 7.19. The Balaban J connectivity index is 2.02. The minimum atomic E-state index is -0.447. The van der Waals surface area contributed by atoms with Gasteiger partial charge in [0, 0.05) is 29.0 Å². The first-order valence-corrected chi connectivity index (χ1v) is 10.6. The Labute approximate surface area is 178 Å². The Morgan fingerprint density at radius 1 is 1.03 bits per heavy atom. The number of nitrogens with two attached hydrogens (primary N) is 1. The zero-order valence-corrected chi connectivity index (χ0v) is 18.0. The van der Waals surface area contributed by atoms with Crippen LogP contribution in [0.4, 0.5) is 0 Å². The van der Waals surface area contributed by atoms with E-state index in [4.69, 9.17) is 10.7 Å². The van der Waals surface area contributed by atoms with Gasteiger partial charge in [-0.3, -0.25) is 14.2 Å². The van der Waals surface area contributed by atoms with Crippen molar-refractivity contribution in [3.63, 3.8) is 0 Å². The summed E-state index contributed by atoms with van der Waals surface area (Å²) >= 11 is 1.52. The van der Waals surface area contributed by atoms with Crippen LogP contribution in [0.2, 0.25) is 0 Å². The lowest BCUT2D eigenvalue weighted by molar-refractivity contribution is -0.118. The molecule has 2 heterocycles. The van der Waals surface area contributed by atoms with Gasteiger partial charge in [-0.2, -0.15) is 0 Å². The van der Waals surface area contributed by atoms with Crippen LogP contribution in [0.15, 0.2) is 53.3 Å². The molecule has 30 heavy (non-hydrogen) atoms. The van der Waals surface area contributed by atoms with Crippen molar-refractivity contribution in [3.8, 4) is 22.5 Å². The van der Waals surface area contributed by atoms with Crippen molar-refractivity contribution >= 4 is 27.5 Å². The summed E-state index contributed by atoms with van der Waals surface area (Å²) in [7, 11) is 0. The van der Waals surface area contributed by atoms with Crippen molar-refractivity contribution in [3.05, 3.63) is 74.9 Å². The van der Waals surface area contributed by atoms with E-state index < -0.39 is 5.91 Å². The topological polar surface area (TPSA) is 78.0 Å². The van der Waals surface area contributed by atoms with E-state index in [0.29, 0.717) is 16.0 Å². The molecule has 4 rings (SSSR count). The maximum Gasteiger partial charge on any atom is 0.263 e. The molecule has 0 unspecified atom stereocenters. The normalized spacial score (nSPS) is 11.2. The van der Waals surface area contributed by atoms with Crippen LogP contribution in [-0.4, -0.2) is 15.5 Å². The molecule has 152 valence electrons. The molecule has 0 aliphatic rings. The summed E-state index contributed by atoms with van der Waals surface area (Å²) in [5, 5.41) is 0.599. The number of aromatic nitrogens is 2. The monoisotopic (exact) mass is 417 g/mol. The highest BCUT2D eigenvalue weighted by Gasteiger charge is 2.20. The van der Waals surface area contributed by atoms with Crippen molar-refractivity contribution < 1.29 is 4.79 Å². The number of carbonyl (C=O) groups excluding carboxylic acids is 1. The third-order valence-corrected chi connectivity index (χ3v) is 6.19. The van der Waals surface area contributed by atoms with Crippen LogP contribution in [0.1, 0.15) is 22.4 Å². The summed E-state index contributed by atoms with van der Waals surface area (Å²) in [5.74, 6) is 0.117. The van der Waals surface area contributed by atoms with Gasteiger partial charge >= 0.3 is 0 Å². The number of hydrogen-bond donors (Lipinski definition) is 1. The molecule has 2 N–H and O–H groups in total. The fourth-order valence-electron chi connectivity index (χ4n) is 3.70. The minimum Gasteiger partial charge on any atom is -0.370 e. The van der Waals surface area contributed by atoms with Gasteiger partial charge in [-0.1, -0.05) is 53.6 Å². The number of nitrogens with zero attached hydrogens (tertiary/aromatic N) is 2. The van der Waals surface area contributed by atoms with E-state index in [0.717, 1.165) is 32.7 Å². The Morgan fingerprint density at radius 2 is 1.77 bits per heavy atom. The Bertz CT molecular complexity index is 1320. The van der Waals surface area contributed by atoms with Gasteiger partial charge in [0.1, 0.15) is 10.7 Å². The zero-order chi connectivity index (χ0) is 21.4. The third-order valence-electron chi connectivity index (χ3n) is 5.19. The molecule has 1 amide bonds. The molecule has 2 aromatic heterocycles. The van der Waals surface area contributed by atoms with E-state index >= 15 is 0 Å². The molecule has 0 spiro atoms. The van der Waals surface area contributed by atoms with Crippen LogP contribution in [0.3, 0.4) is 0 Å². The van der Waals surface area contributed by atoms with Crippen molar-refractivity contribution in [2.45, 2.75) is 33.7 Å². The van der Waals surface area contributed by atoms with Crippen molar-refractivity contribution in [1.82, 2.24) is 9.55 Å². The fourth-order valence-corrected chi connectivity index (χ4v) is 4.73. The van der Waals surface area contributed by atoms with Gasteiger partial charge in [0.25, 0.3) is 5.56 Å². The minimum absolute atomic E-state index is 0.0783. The molecule has 0 radical (unpaired) electrons. The Morgan fingerprint density at radius 3 is 2.43 bits per heavy atom. The second-order valence-corrected chi connectivity index (χ2v) is 8.76. The lowest BCUT2D eigenvalue weighted by Gasteiger charge is -2.13. The van der Waals surface area contributed by atoms with E-state index in [1.165, 1.54) is 11.3 Å². The average molecular weight is 418 g/mol. The van der Waals surface area contributed by atoms with Crippen molar-refractivity contribution in [2.75, 3.05) is 0 Å². The molecule has 0 atom stereocenters. The van der Waals surface area contributed by atoms with Gasteiger partial charge < -0.3 is 5.73 Å². The molecule has 0 saturated carbocycles. The molecule has 6 heteroatoms. The van der Waals surface area contributed by atoms with Gasteiger partial charge in [-0.05, 0) is 32.4 Å². The number of hydrogen-bond acceptors (Lipinski definition) is 4. The van der Waals surface area contributed by atoms with Crippen LogP contribution in [0, 0.1) is 20.8 Å². The Hall–Kier alpha value is -3.25. The molecule has 0 aliphatic carbocycles. The van der Waals surface area contributed by atoms with Gasteiger partial charge in [0.2, 0.25) is 5.91 Å². The van der Waals surface area contributed by atoms with Crippen LogP contribution in [-0.2, 0) is 11.3 Å². The van der Waals surface area contributed by atoms with E-state index in [-0.39, 0.29) is 18.5 Å². The number of rotatable bonds is 5. The molecule has 0 fully saturated rings. The smallest absolute Gasteiger partial charge is 0.263 e. The van der Waals surface area contributed by atoms with E-state index in [2.05, 4.69) is 0 Å². The van der Waals surface area contributed by atoms with Crippen LogP contribution in [0.25, 0.3) is 32.7 Å². The number of carbonyl (C=O) groups is 1. The molecule has 5 nitrogen and oxygen atoms in total. The van der Waals surface area contributed by atoms with Gasteiger partial charge in [-0.25, -0.2) is 4.98 Å². The molecular weight excluding hydrogens is 394 g/mol. The van der Waals surface area contributed by atoms with Crippen molar-refractivity contribution in [1.29, 1.82) is 0 Å². The average Bonchev–Trinajstić information content (AvgIpc) is 3.04. The van der Waals surface area contributed by atoms with E-state index in [9.17, 15) is 9.59 Å². The van der Waals surface area contributed by atoms with Crippen molar-refractivity contribution in [2.24, 2.45) is 5.73 Å². The summed E-state index contributed by atoms with van der Waals surface area (Å²) in [6.45, 7) is 6.25. The summed E-state index contributed by atoms with van der Waals surface area (Å²) < 4.78 is 1.59. The number of thiophene rings is 1. The summed E-state index contributed by atoms with van der Waals surface area (Å²) in [6, 6.07) is 16.0. The highest BCUT2D eigenvalue weighted by atomic mass is 32.1. The number of benzene rings is 2. The standard InChI is InChI=1S/C24H23N3O2S/c1-14-7-9-17(10-8-14)20-16(3)30-23-21(20)24(29)27(12-11-19(25)28)22(26-23)18-6-4-5-15(2)13-18/h4-10,13H,11-12H2,1-3H3,(H2,25,28). The number of fused-ring (bicyclic) bond motifs is 1. The lowest BCUT2D eigenvalue weighted by Crippen LogP contribution is -2.26. The lowest BCUT2D eigenvalue weighted by atomic mass is 10.0. The quantitative estimate of drug-likeness (QED) is 0.516. The van der Waals surface area contributed by atoms with E-state index in [1.807, 2.05) is 69.3 Å². The third kappa shape index (κ3) is 3.66. The second-order valence-electron chi connectivity index (χ2n) is 7.56. The SMILES string of the molecule is Cc1ccc(-c2c(C)sc3nc(-c4cccc(C)c4)n(CCC(N)=O)c(=O)c23)cc1. The molecule has 2 aromatic carbocycles. The van der Waals surface area contributed by atoms with E-state index in [1.54, 1.807) is 4.57 Å². The van der Waals surface area contributed by atoms with Gasteiger partial charge in [0.15, 0.2) is 0 Å². The predicted molar refractivity (Wildman–Crippen MR) is 123 cm³/mol. The first-order chi connectivity index (χ1) is 14.3. The Kier molecular flexibility index (Phi) is 5.26. The molecule has 0 saturated heterocycles. The largest absolute Gasteiger partial charge is 0.370 e. The number of aryl methyl sites for hydroxylation is 3. The molecule has 4 aromatic rings. The van der Waals surface area contributed by atoms with Gasteiger partial charge in [-0.15, -0.1) is 11.3 Å². The molecular formula is C24H23N3O2S. The fraction of sp³-hybridized carbons (Fsp3) is 0.208. The van der Waals surface area contributed by atoms with Crippen LogP contribution in [0.5, 0.6) is 0 Å². The zero-order valence-electron chi connectivity index (χ0n) is 17.2.